The van der Waals surface area contributed by atoms with Crippen LogP contribution < -0.4 is 5.32 Å². The molecule has 0 saturated heterocycles. The zero-order chi connectivity index (χ0) is 8.97. The number of nitrogens with zero attached hydrogens (tertiary/aromatic N) is 1. The topological polar surface area (TPSA) is 55.2 Å². The second-order valence-corrected chi connectivity index (χ2v) is 2.27. The van der Waals surface area contributed by atoms with Crippen molar-refractivity contribution in [3.8, 4) is 0 Å². The number of hydrogen-bond acceptors (Lipinski definition) is 3. The summed E-state index contributed by atoms with van der Waals surface area (Å²) >= 11 is 0. The second-order valence-electron chi connectivity index (χ2n) is 2.27. The Labute approximate surface area is 70.4 Å². The van der Waals surface area contributed by atoms with Crippen LogP contribution in [0.3, 0.4) is 0 Å². The molecule has 0 aliphatic carbocycles. The quantitative estimate of drug-likeness (QED) is 0.417. The number of nitro groups is 1. The van der Waals surface area contributed by atoms with Crippen LogP contribution in [0.1, 0.15) is 5.56 Å². The molecule has 12 heavy (non-hydrogen) atoms. The van der Waals surface area contributed by atoms with Crippen molar-refractivity contribution >= 4 is 5.69 Å². The minimum Gasteiger partial charge on any atom is -0.307 e. The standard InChI is InChI=1S/C8H8N2O2/c1-9-6-7-4-2-3-5-8(7)10(11)12/h1-5,9H,6H2. The van der Waals surface area contributed by atoms with Crippen LogP contribution in [-0.4, -0.2) is 4.92 Å². The van der Waals surface area contributed by atoms with Gasteiger partial charge in [0.1, 0.15) is 0 Å². The molecule has 0 heterocycles. The van der Waals surface area contributed by atoms with Crippen LogP contribution >= 0.6 is 0 Å². The number of nitro benzene ring substituents is 1. The Morgan fingerprint density at radius 3 is 2.75 bits per heavy atom. The van der Waals surface area contributed by atoms with Gasteiger partial charge in [-0.2, -0.15) is 0 Å². The number of rotatable bonds is 3. The molecule has 0 atom stereocenters. The van der Waals surface area contributed by atoms with Crippen LogP contribution in [0.4, 0.5) is 5.69 Å². The largest absolute Gasteiger partial charge is 0.307 e. The van der Waals surface area contributed by atoms with Crippen molar-refractivity contribution < 1.29 is 4.92 Å². The van der Waals surface area contributed by atoms with Crippen LogP contribution in [0, 0.1) is 17.2 Å². The first-order valence-corrected chi connectivity index (χ1v) is 3.41. The van der Waals surface area contributed by atoms with Gasteiger partial charge >= 0.3 is 0 Å². The third-order valence-corrected chi connectivity index (χ3v) is 1.48. The lowest BCUT2D eigenvalue weighted by Crippen LogP contribution is -2.04. The van der Waals surface area contributed by atoms with E-state index in [-0.39, 0.29) is 5.69 Å². The fraction of sp³-hybridized carbons (Fsp3) is 0.125. The molecular formula is C8H8N2O2. The minimum absolute atomic E-state index is 0.0930. The summed E-state index contributed by atoms with van der Waals surface area (Å²) in [5.41, 5.74) is 0.681. The number of hydrogen-bond donors (Lipinski definition) is 1. The molecule has 0 fully saturated rings. The third kappa shape index (κ3) is 1.79. The van der Waals surface area contributed by atoms with Gasteiger partial charge in [-0.25, -0.2) is 0 Å². The van der Waals surface area contributed by atoms with Gasteiger partial charge in [0.15, 0.2) is 0 Å². The molecule has 0 amide bonds. The van der Waals surface area contributed by atoms with Gasteiger partial charge in [-0.1, -0.05) is 18.2 Å². The van der Waals surface area contributed by atoms with Gasteiger partial charge in [-0.15, -0.1) is 0 Å². The van der Waals surface area contributed by atoms with Gasteiger partial charge in [0.05, 0.1) is 4.92 Å². The first kappa shape index (κ1) is 8.67. The van der Waals surface area contributed by atoms with E-state index in [1.165, 1.54) is 6.07 Å². The van der Waals surface area contributed by atoms with E-state index in [1.54, 1.807) is 18.2 Å². The predicted octanol–water partition coefficient (Wildman–Crippen LogP) is 1.35. The zero-order valence-corrected chi connectivity index (χ0v) is 6.36. The Kier molecular flexibility index (Phi) is 2.76. The van der Waals surface area contributed by atoms with E-state index in [0.29, 0.717) is 12.1 Å². The van der Waals surface area contributed by atoms with Gasteiger partial charge in [-0.05, 0) is 0 Å². The van der Waals surface area contributed by atoms with Crippen molar-refractivity contribution in [1.29, 1.82) is 0 Å². The van der Waals surface area contributed by atoms with Gasteiger partial charge in [0, 0.05) is 25.2 Å². The van der Waals surface area contributed by atoms with Crippen LogP contribution in [0.5, 0.6) is 0 Å². The fourth-order valence-electron chi connectivity index (χ4n) is 0.948. The van der Waals surface area contributed by atoms with Crippen LogP contribution in [-0.2, 0) is 6.54 Å². The lowest BCUT2D eigenvalue weighted by molar-refractivity contribution is -0.385. The van der Waals surface area contributed by atoms with Crippen molar-refractivity contribution in [2.75, 3.05) is 0 Å². The molecule has 0 unspecified atom stereocenters. The molecule has 0 spiro atoms. The summed E-state index contributed by atoms with van der Waals surface area (Å²) in [6, 6.07) is 6.47. The molecule has 0 aromatic heterocycles. The second kappa shape index (κ2) is 3.82. The van der Waals surface area contributed by atoms with E-state index in [9.17, 15) is 10.1 Å². The average Bonchev–Trinajstić information content (AvgIpc) is 2.05. The summed E-state index contributed by atoms with van der Waals surface area (Å²) in [5.74, 6) is 0. The summed E-state index contributed by atoms with van der Waals surface area (Å²) in [7, 11) is 5.06. The average molecular weight is 164 g/mol. The zero-order valence-electron chi connectivity index (χ0n) is 6.36. The van der Waals surface area contributed by atoms with E-state index in [4.69, 9.17) is 7.05 Å². The normalized spacial score (nSPS) is 9.75. The van der Waals surface area contributed by atoms with Crippen LogP contribution in [0.15, 0.2) is 24.3 Å². The monoisotopic (exact) mass is 164 g/mol. The number of para-hydroxylation sites is 1. The van der Waals surface area contributed by atoms with E-state index in [2.05, 4.69) is 5.32 Å². The maximum absolute atomic E-state index is 10.4. The lowest BCUT2D eigenvalue weighted by atomic mass is 10.2. The van der Waals surface area contributed by atoms with Gasteiger partial charge in [-0.3, -0.25) is 10.1 Å². The molecule has 1 N–H and O–H groups in total. The predicted molar refractivity (Wildman–Crippen MR) is 44.2 cm³/mol. The Hall–Kier alpha value is -1.42. The van der Waals surface area contributed by atoms with E-state index < -0.39 is 4.92 Å². The van der Waals surface area contributed by atoms with Crippen molar-refractivity contribution in [2.24, 2.45) is 0 Å². The first-order chi connectivity index (χ1) is 5.75. The van der Waals surface area contributed by atoms with Crippen molar-refractivity contribution in [1.82, 2.24) is 5.32 Å². The molecule has 1 rings (SSSR count). The lowest BCUT2D eigenvalue weighted by Gasteiger charge is -1.99. The van der Waals surface area contributed by atoms with Crippen molar-refractivity contribution in [3.05, 3.63) is 47.0 Å². The molecule has 1 aromatic carbocycles. The molecule has 62 valence electrons. The van der Waals surface area contributed by atoms with E-state index in [0.717, 1.165) is 0 Å². The summed E-state index contributed by atoms with van der Waals surface area (Å²) in [6.07, 6.45) is 0. The Balaban J connectivity index is 3.00. The molecule has 1 aromatic rings. The molecular weight excluding hydrogens is 156 g/mol. The van der Waals surface area contributed by atoms with Crippen LogP contribution in [0.2, 0.25) is 0 Å². The van der Waals surface area contributed by atoms with Gasteiger partial charge in [0.2, 0.25) is 0 Å². The first-order valence-electron chi connectivity index (χ1n) is 3.41. The summed E-state index contributed by atoms with van der Waals surface area (Å²) in [4.78, 5) is 10.0. The maximum atomic E-state index is 10.4. The van der Waals surface area contributed by atoms with Crippen LogP contribution in [0.25, 0.3) is 0 Å². The molecule has 4 nitrogen and oxygen atoms in total. The maximum Gasteiger partial charge on any atom is 0.273 e. The minimum atomic E-state index is -0.424. The highest BCUT2D eigenvalue weighted by Crippen LogP contribution is 2.16. The van der Waals surface area contributed by atoms with E-state index in [1.807, 2.05) is 0 Å². The Morgan fingerprint density at radius 1 is 1.50 bits per heavy atom. The Bertz CT molecular complexity index is 286. The highest BCUT2D eigenvalue weighted by Gasteiger charge is 2.10. The van der Waals surface area contributed by atoms with Crippen molar-refractivity contribution in [2.45, 2.75) is 6.54 Å². The SMILES string of the molecule is [CH]NCc1ccccc1[N+](=O)[O-]. The van der Waals surface area contributed by atoms with Gasteiger partial charge in [0.25, 0.3) is 5.69 Å². The summed E-state index contributed by atoms with van der Waals surface area (Å²) < 4.78 is 0. The summed E-state index contributed by atoms with van der Waals surface area (Å²) in [5, 5.41) is 12.8. The highest BCUT2D eigenvalue weighted by atomic mass is 16.6. The van der Waals surface area contributed by atoms with Crippen molar-refractivity contribution in [3.63, 3.8) is 0 Å². The summed E-state index contributed by atoms with van der Waals surface area (Å²) in [6.45, 7) is 0.303. The third-order valence-electron chi connectivity index (χ3n) is 1.48. The number of nitrogens with one attached hydrogen (secondary N) is 1. The van der Waals surface area contributed by atoms with Gasteiger partial charge < -0.3 is 5.32 Å². The molecule has 0 saturated carbocycles. The number of benzene rings is 1. The molecule has 0 bridgehead atoms. The highest BCUT2D eigenvalue weighted by molar-refractivity contribution is 5.39. The molecule has 0 aliphatic heterocycles. The molecule has 4 heteroatoms. The molecule has 0 aliphatic rings. The van der Waals surface area contributed by atoms with E-state index >= 15 is 0 Å². The fourth-order valence-corrected chi connectivity index (χ4v) is 0.948. The Morgan fingerprint density at radius 2 is 2.17 bits per heavy atom. The smallest absolute Gasteiger partial charge is 0.273 e. The molecule has 2 radical (unpaired) electrons.